The lowest BCUT2D eigenvalue weighted by Gasteiger charge is -2.22. The molecule has 20 heavy (non-hydrogen) atoms. The molecule has 112 valence electrons. The first-order valence-corrected chi connectivity index (χ1v) is 8.41. The number of pyridine rings is 1. The van der Waals surface area contributed by atoms with Crippen molar-refractivity contribution in [1.29, 1.82) is 0 Å². The van der Waals surface area contributed by atoms with Gasteiger partial charge in [0.1, 0.15) is 6.61 Å². The Labute approximate surface area is 125 Å². The van der Waals surface area contributed by atoms with Crippen molar-refractivity contribution in [2.24, 2.45) is 5.92 Å². The summed E-state index contributed by atoms with van der Waals surface area (Å²) >= 11 is 1.66. The molecule has 0 saturated carbocycles. The van der Waals surface area contributed by atoms with Crippen molar-refractivity contribution in [3.05, 3.63) is 30.1 Å². The van der Waals surface area contributed by atoms with Crippen LogP contribution in [0.2, 0.25) is 0 Å². The molecule has 0 bridgehead atoms. The summed E-state index contributed by atoms with van der Waals surface area (Å²) in [6.45, 7) is 3.36. The van der Waals surface area contributed by atoms with E-state index in [0.29, 0.717) is 13.1 Å². The predicted molar refractivity (Wildman–Crippen MR) is 83.9 cm³/mol. The molecule has 1 aromatic rings. The smallest absolute Gasteiger partial charge is 0.293 e. The topological polar surface area (TPSA) is 51.2 Å². The first-order chi connectivity index (χ1) is 9.86. The molecular formula is C15H24N2O2S. The normalized spacial score (nSPS) is 17.8. The summed E-state index contributed by atoms with van der Waals surface area (Å²) in [6, 6.07) is 6.16. The van der Waals surface area contributed by atoms with E-state index in [9.17, 15) is 4.79 Å². The Morgan fingerprint density at radius 3 is 3.05 bits per heavy atom. The largest absolute Gasteiger partial charge is 0.467 e. The van der Waals surface area contributed by atoms with Crippen molar-refractivity contribution in [2.45, 2.75) is 19.3 Å². The molecular weight excluding hydrogens is 272 g/mol. The summed E-state index contributed by atoms with van der Waals surface area (Å²) in [5, 5.41) is 3.43. The molecule has 4 nitrogen and oxygen atoms in total. The summed E-state index contributed by atoms with van der Waals surface area (Å²) in [5.41, 5.74) is 1.23. The molecule has 1 fully saturated rings. The zero-order valence-electron chi connectivity index (χ0n) is 12.1. The first kappa shape index (κ1) is 17.0. The standard InChI is InChI=1S/C11H16N2.C4H8O2S/c1-2-7-13-11(5-1)8-10-4-3-6-12-9-10;1-7-3-2-6-4-5/h1-2,5,7,10,12H,3-4,6,8-9H2;4H,2-3H2,1H3/t10-;/m1./s1. The molecule has 0 spiro atoms. The summed E-state index contributed by atoms with van der Waals surface area (Å²) < 4.78 is 4.37. The Balaban J connectivity index is 0.000000246. The Morgan fingerprint density at radius 1 is 1.55 bits per heavy atom. The number of nitrogens with zero attached hydrogens (tertiary/aromatic N) is 1. The third-order valence-corrected chi connectivity index (χ3v) is 3.67. The highest BCUT2D eigenvalue weighted by Crippen LogP contribution is 2.14. The van der Waals surface area contributed by atoms with Gasteiger partial charge < -0.3 is 10.1 Å². The van der Waals surface area contributed by atoms with Crippen molar-refractivity contribution < 1.29 is 9.53 Å². The molecule has 0 aliphatic carbocycles. The maximum absolute atomic E-state index is 9.45. The van der Waals surface area contributed by atoms with E-state index in [1.807, 2.05) is 18.5 Å². The quantitative estimate of drug-likeness (QED) is 0.644. The van der Waals surface area contributed by atoms with Gasteiger partial charge in [0.15, 0.2) is 0 Å². The molecule has 1 atom stereocenters. The number of nitrogens with one attached hydrogen (secondary N) is 1. The van der Waals surface area contributed by atoms with Gasteiger partial charge in [0.2, 0.25) is 0 Å². The van der Waals surface area contributed by atoms with Crippen molar-refractivity contribution >= 4 is 18.2 Å². The maximum Gasteiger partial charge on any atom is 0.293 e. The van der Waals surface area contributed by atoms with Gasteiger partial charge >= 0.3 is 0 Å². The van der Waals surface area contributed by atoms with Gasteiger partial charge in [-0.05, 0) is 56.7 Å². The van der Waals surface area contributed by atoms with E-state index in [0.717, 1.165) is 24.6 Å². The van der Waals surface area contributed by atoms with Gasteiger partial charge in [-0.25, -0.2) is 0 Å². The van der Waals surface area contributed by atoms with Gasteiger partial charge in [0.25, 0.3) is 6.47 Å². The van der Waals surface area contributed by atoms with Gasteiger partial charge in [-0.2, -0.15) is 11.8 Å². The zero-order valence-corrected chi connectivity index (χ0v) is 12.9. The Bertz CT molecular complexity index is 343. The van der Waals surface area contributed by atoms with E-state index in [1.165, 1.54) is 25.1 Å². The molecule has 1 saturated heterocycles. The lowest BCUT2D eigenvalue weighted by atomic mass is 9.94. The fourth-order valence-electron chi connectivity index (χ4n) is 2.09. The summed E-state index contributed by atoms with van der Waals surface area (Å²) in [6.07, 6.45) is 7.65. The number of ether oxygens (including phenoxy) is 1. The minimum Gasteiger partial charge on any atom is -0.467 e. The molecule has 2 rings (SSSR count). The van der Waals surface area contributed by atoms with E-state index >= 15 is 0 Å². The van der Waals surface area contributed by atoms with Crippen molar-refractivity contribution in [3.63, 3.8) is 0 Å². The minimum atomic E-state index is 0.468. The summed E-state index contributed by atoms with van der Waals surface area (Å²) in [5.74, 6) is 1.68. The lowest BCUT2D eigenvalue weighted by Crippen LogP contribution is -2.30. The Kier molecular flexibility index (Phi) is 9.96. The molecule has 0 aromatic carbocycles. The van der Waals surface area contributed by atoms with Crippen LogP contribution < -0.4 is 5.32 Å². The second kappa shape index (κ2) is 11.7. The van der Waals surface area contributed by atoms with Gasteiger partial charge in [0, 0.05) is 17.6 Å². The maximum atomic E-state index is 9.45. The number of hydrogen-bond donors (Lipinski definition) is 1. The van der Waals surface area contributed by atoms with E-state index in [2.05, 4.69) is 27.2 Å². The highest BCUT2D eigenvalue weighted by atomic mass is 32.2. The SMILES string of the molecule is CSCCOC=O.c1ccc(C[C@H]2CCCNC2)nc1. The molecule has 1 aliphatic heterocycles. The molecule has 5 heteroatoms. The first-order valence-electron chi connectivity index (χ1n) is 7.01. The number of piperidine rings is 1. The van der Waals surface area contributed by atoms with Crippen LogP contribution in [0.1, 0.15) is 18.5 Å². The van der Waals surface area contributed by atoms with E-state index in [4.69, 9.17) is 0 Å². The number of rotatable bonds is 6. The number of aromatic nitrogens is 1. The van der Waals surface area contributed by atoms with Crippen LogP contribution in [0.5, 0.6) is 0 Å². The zero-order chi connectivity index (χ0) is 14.5. The number of carbonyl (C=O) groups is 1. The van der Waals surface area contributed by atoms with Gasteiger partial charge in [-0.1, -0.05) is 6.07 Å². The van der Waals surface area contributed by atoms with Gasteiger partial charge in [0.05, 0.1) is 0 Å². The second-order valence-corrected chi connectivity index (χ2v) is 5.68. The van der Waals surface area contributed by atoms with Gasteiger partial charge in [-0.15, -0.1) is 0 Å². The molecule has 1 aliphatic rings. The second-order valence-electron chi connectivity index (χ2n) is 4.70. The van der Waals surface area contributed by atoms with E-state index in [-0.39, 0.29) is 0 Å². The van der Waals surface area contributed by atoms with Crippen molar-refractivity contribution in [3.8, 4) is 0 Å². The van der Waals surface area contributed by atoms with Crippen LogP contribution in [0, 0.1) is 5.92 Å². The van der Waals surface area contributed by atoms with E-state index in [1.54, 1.807) is 11.8 Å². The number of carbonyl (C=O) groups excluding carboxylic acids is 1. The van der Waals surface area contributed by atoms with Crippen LogP contribution in [0.4, 0.5) is 0 Å². The van der Waals surface area contributed by atoms with Crippen LogP contribution in [0.25, 0.3) is 0 Å². The highest BCUT2D eigenvalue weighted by Gasteiger charge is 2.13. The monoisotopic (exact) mass is 296 g/mol. The Hall–Kier alpha value is -1.07. The van der Waals surface area contributed by atoms with Crippen molar-refractivity contribution in [1.82, 2.24) is 10.3 Å². The molecule has 2 heterocycles. The molecule has 1 N–H and O–H groups in total. The number of hydrogen-bond acceptors (Lipinski definition) is 5. The fraction of sp³-hybridized carbons (Fsp3) is 0.600. The number of thioether (sulfide) groups is 1. The average Bonchev–Trinajstić information content (AvgIpc) is 2.51. The summed E-state index contributed by atoms with van der Waals surface area (Å²) in [4.78, 5) is 13.8. The highest BCUT2D eigenvalue weighted by molar-refractivity contribution is 7.98. The molecule has 0 amide bonds. The van der Waals surface area contributed by atoms with Crippen molar-refractivity contribution in [2.75, 3.05) is 31.7 Å². The van der Waals surface area contributed by atoms with Crippen LogP contribution in [0.15, 0.2) is 24.4 Å². The average molecular weight is 296 g/mol. The predicted octanol–water partition coefficient (Wildman–Crippen LogP) is 2.15. The minimum absolute atomic E-state index is 0.468. The van der Waals surface area contributed by atoms with Gasteiger partial charge in [-0.3, -0.25) is 9.78 Å². The summed E-state index contributed by atoms with van der Waals surface area (Å²) in [7, 11) is 0. The van der Waals surface area contributed by atoms with Crippen LogP contribution in [0.3, 0.4) is 0 Å². The van der Waals surface area contributed by atoms with Crippen LogP contribution >= 0.6 is 11.8 Å². The fourth-order valence-corrected chi connectivity index (χ4v) is 2.36. The lowest BCUT2D eigenvalue weighted by molar-refractivity contribution is -0.128. The third-order valence-electron chi connectivity index (χ3n) is 3.10. The van der Waals surface area contributed by atoms with Crippen LogP contribution in [-0.2, 0) is 16.0 Å². The molecule has 1 aromatic heterocycles. The van der Waals surface area contributed by atoms with E-state index < -0.39 is 0 Å². The van der Waals surface area contributed by atoms with Crippen LogP contribution in [-0.4, -0.2) is 43.2 Å². The Morgan fingerprint density at radius 2 is 2.45 bits per heavy atom. The molecule has 0 radical (unpaired) electrons. The third kappa shape index (κ3) is 8.17. The molecule has 0 unspecified atom stereocenters.